The second-order valence-corrected chi connectivity index (χ2v) is 8.11. The predicted molar refractivity (Wildman–Crippen MR) is 96.2 cm³/mol. The summed E-state index contributed by atoms with van der Waals surface area (Å²) in [7, 11) is 0. The molecule has 2 atom stereocenters. The summed E-state index contributed by atoms with van der Waals surface area (Å²) >= 11 is 0. The quantitative estimate of drug-likeness (QED) is 0.459. The van der Waals surface area contributed by atoms with Crippen LogP contribution in [-0.2, 0) is 19.1 Å². The van der Waals surface area contributed by atoms with E-state index in [-0.39, 0.29) is 12.3 Å². The van der Waals surface area contributed by atoms with Gasteiger partial charge in [-0.2, -0.15) is 0 Å². The van der Waals surface area contributed by atoms with Gasteiger partial charge in [0.25, 0.3) is 0 Å². The second kappa shape index (κ2) is 9.16. The molecule has 5 N–H and O–H groups in total. The zero-order valence-corrected chi connectivity index (χ0v) is 16.1. The number of hydrogen-bond donors (Lipinski definition) is 4. The lowest BCUT2D eigenvalue weighted by molar-refractivity contribution is -0.153. The molecule has 0 radical (unpaired) electrons. The van der Waals surface area contributed by atoms with Crippen LogP contribution in [0.5, 0.6) is 0 Å². The van der Waals surface area contributed by atoms with Gasteiger partial charge in [0, 0.05) is 0 Å². The third-order valence-electron chi connectivity index (χ3n) is 4.55. The van der Waals surface area contributed by atoms with Crippen molar-refractivity contribution >= 4 is 23.8 Å². The Morgan fingerprint density at radius 1 is 1.11 bits per heavy atom. The zero-order chi connectivity index (χ0) is 20.8. The van der Waals surface area contributed by atoms with Crippen LogP contribution in [-0.4, -0.2) is 51.2 Å². The van der Waals surface area contributed by atoms with Gasteiger partial charge in [0.15, 0.2) is 5.78 Å². The summed E-state index contributed by atoms with van der Waals surface area (Å²) in [5, 5.41) is 21.0. The van der Waals surface area contributed by atoms with Crippen LogP contribution in [0.15, 0.2) is 0 Å². The van der Waals surface area contributed by atoms with Gasteiger partial charge in [-0.15, -0.1) is 0 Å². The van der Waals surface area contributed by atoms with Gasteiger partial charge in [-0.05, 0) is 33.1 Å². The van der Waals surface area contributed by atoms with Gasteiger partial charge in [-0.3, -0.25) is 14.9 Å². The largest absolute Gasteiger partial charge is 0.481 e. The van der Waals surface area contributed by atoms with Crippen LogP contribution in [0.3, 0.4) is 0 Å². The Labute approximate surface area is 158 Å². The maximum Gasteiger partial charge on any atom is 0.408 e. The Morgan fingerprint density at radius 3 is 2.11 bits per heavy atom. The van der Waals surface area contributed by atoms with E-state index in [1.165, 1.54) is 0 Å². The number of ketones is 1. The average Bonchev–Trinajstić information content (AvgIpc) is 2.51. The number of alkyl carbamates (subject to hydrolysis) is 1. The molecule has 9 nitrogen and oxygen atoms in total. The van der Waals surface area contributed by atoms with Crippen LogP contribution in [0.2, 0.25) is 0 Å². The molecule has 1 aliphatic carbocycles. The minimum atomic E-state index is -2.32. The highest BCUT2D eigenvalue weighted by atomic mass is 16.6. The Kier molecular flexibility index (Phi) is 7.77. The molecule has 0 bridgehead atoms. The van der Waals surface area contributed by atoms with Gasteiger partial charge in [0.1, 0.15) is 5.60 Å². The van der Waals surface area contributed by atoms with Crippen molar-refractivity contribution in [1.29, 1.82) is 0 Å². The van der Waals surface area contributed by atoms with Crippen molar-refractivity contribution in [1.82, 2.24) is 5.32 Å². The number of carbonyl (C=O) groups is 4. The second-order valence-electron chi connectivity index (χ2n) is 8.11. The lowest BCUT2D eigenvalue weighted by Gasteiger charge is -2.35. The number of nitrogens with one attached hydrogen (secondary N) is 1. The average molecular weight is 386 g/mol. The number of ether oxygens (including phenoxy) is 1. The molecule has 9 heteroatoms. The first-order chi connectivity index (χ1) is 12.4. The van der Waals surface area contributed by atoms with E-state index in [2.05, 4.69) is 5.32 Å². The van der Waals surface area contributed by atoms with Gasteiger partial charge < -0.3 is 20.7 Å². The molecular weight excluding hydrogens is 356 g/mol. The Hall–Kier alpha value is -2.16. The van der Waals surface area contributed by atoms with E-state index >= 15 is 0 Å². The molecule has 154 valence electrons. The zero-order valence-electron chi connectivity index (χ0n) is 16.1. The molecule has 0 heterocycles. The monoisotopic (exact) mass is 386 g/mol. The standard InChI is InChI=1S/C18H30N2O7/c1-17(2,3)27-16(26)20-18(15(24)25,10-11-7-5-4-6-8-11)14(23)12(19)9-13(21)22/h11-12H,4-10,19H2,1-3H3,(H,20,26)(H,21,22)(H,24,25)/t12-,18+/m0/s1. The van der Waals surface area contributed by atoms with Crippen LogP contribution in [0, 0.1) is 5.92 Å². The normalized spacial score (nSPS) is 18.8. The number of carboxylic acids is 2. The molecule has 27 heavy (non-hydrogen) atoms. The molecule has 0 aliphatic heterocycles. The summed E-state index contributed by atoms with van der Waals surface area (Å²) in [6, 6.07) is -1.56. The van der Waals surface area contributed by atoms with Crippen LogP contribution in [0.4, 0.5) is 4.79 Å². The number of Topliss-reactive ketones (excluding diaryl/α,β-unsaturated/α-hetero) is 1. The molecule has 1 amide bonds. The first-order valence-corrected chi connectivity index (χ1v) is 9.13. The smallest absolute Gasteiger partial charge is 0.408 e. The topological polar surface area (TPSA) is 156 Å². The first-order valence-electron chi connectivity index (χ1n) is 9.13. The number of nitrogens with two attached hydrogens (primary N) is 1. The molecule has 0 aromatic carbocycles. The van der Waals surface area contributed by atoms with E-state index in [9.17, 15) is 24.3 Å². The molecule has 0 unspecified atom stereocenters. The summed E-state index contributed by atoms with van der Waals surface area (Å²) < 4.78 is 5.12. The first kappa shape index (κ1) is 22.9. The third-order valence-corrected chi connectivity index (χ3v) is 4.55. The van der Waals surface area contributed by atoms with Crippen LogP contribution in [0.25, 0.3) is 0 Å². The van der Waals surface area contributed by atoms with Crippen LogP contribution < -0.4 is 11.1 Å². The minimum absolute atomic E-state index is 0.0919. The summed E-state index contributed by atoms with van der Waals surface area (Å²) in [4.78, 5) is 48.2. The highest BCUT2D eigenvalue weighted by molar-refractivity contribution is 6.12. The van der Waals surface area contributed by atoms with Crippen molar-refractivity contribution in [3.63, 3.8) is 0 Å². The van der Waals surface area contributed by atoms with Crippen molar-refractivity contribution in [3.05, 3.63) is 0 Å². The Bertz CT molecular complexity index is 579. The molecule has 0 spiro atoms. The predicted octanol–water partition coefficient (Wildman–Crippen LogP) is 1.68. The van der Waals surface area contributed by atoms with Crippen LogP contribution >= 0.6 is 0 Å². The van der Waals surface area contributed by atoms with Crippen molar-refractivity contribution < 1.29 is 34.1 Å². The molecule has 0 aromatic rings. The van der Waals surface area contributed by atoms with E-state index < -0.39 is 47.4 Å². The van der Waals surface area contributed by atoms with E-state index in [0.29, 0.717) is 0 Å². The SMILES string of the molecule is CC(C)(C)OC(=O)N[C@@](CC1CCCCC1)(C(=O)O)C(=O)[C@@H](N)CC(=O)O. The fraction of sp³-hybridized carbons (Fsp3) is 0.778. The molecule has 1 fully saturated rings. The van der Waals surface area contributed by atoms with Crippen molar-refractivity contribution in [2.45, 2.75) is 82.9 Å². The summed E-state index contributed by atoms with van der Waals surface area (Å²) in [6.45, 7) is 4.82. The summed E-state index contributed by atoms with van der Waals surface area (Å²) in [6.07, 6.45) is 2.37. The van der Waals surface area contributed by atoms with E-state index in [1.807, 2.05) is 0 Å². The maximum atomic E-state index is 12.9. The molecule has 1 saturated carbocycles. The molecule has 1 aliphatic rings. The van der Waals surface area contributed by atoms with Crippen molar-refractivity contribution in [3.8, 4) is 0 Å². The van der Waals surface area contributed by atoms with Gasteiger partial charge in [0.05, 0.1) is 12.5 Å². The van der Waals surface area contributed by atoms with Gasteiger partial charge >= 0.3 is 18.0 Å². The summed E-state index contributed by atoms with van der Waals surface area (Å²) in [5.41, 5.74) is 2.45. The van der Waals surface area contributed by atoms with E-state index in [1.54, 1.807) is 20.8 Å². The number of rotatable bonds is 8. The fourth-order valence-corrected chi connectivity index (χ4v) is 3.36. The lowest BCUT2D eigenvalue weighted by Crippen LogP contribution is -2.65. The van der Waals surface area contributed by atoms with E-state index in [0.717, 1.165) is 32.1 Å². The Morgan fingerprint density at radius 2 is 1.67 bits per heavy atom. The molecule has 0 aromatic heterocycles. The molecule has 1 rings (SSSR count). The van der Waals surface area contributed by atoms with Gasteiger partial charge in [-0.1, -0.05) is 32.1 Å². The van der Waals surface area contributed by atoms with Gasteiger partial charge in [0.2, 0.25) is 5.54 Å². The fourth-order valence-electron chi connectivity index (χ4n) is 3.36. The van der Waals surface area contributed by atoms with Gasteiger partial charge in [-0.25, -0.2) is 9.59 Å². The number of amides is 1. The van der Waals surface area contributed by atoms with E-state index in [4.69, 9.17) is 15.6 Å². The Balaban J connectivity index is 3.19. The third kappa shape index (κ3) is 6.82. The van der Waals surface area contributed by atoms with Crippen molar-refractivity contribution in [2.75, 3.05) is 0 Å². The minimum Gasteiger partial charge on any atom is -0.481 e. The number of hydrogen-bond acceptors (Lipinski definition) is 6. The molecular formula is C18H30N2O7. The van der Waals surface area contributed by atoms with Crippen LogP contribution in [0.1, 0.15) is 65.7 Å². The number of carboxylic acid groups (broad SMARTS) is 2. The summed E-state index contributed by atoms with van der Waals surface area (Å²) in [5.74, 6) is -4.02. The highest BCUT2D eigenvalue weighted by Crippen LogP contribution is 2.32. The maximum absolute atomic E-state index is 12.9. The number of carbonyl (C=O) groups excluding carboxylic acids is 2. The number of aliphatic carboxylic acids is 2. The van der Waals surface area contributed by atoms with Crippen molar-refractivity contribution in [2.24, 2.45) is 11.7 Å². The molecule has 0 saturated heterocycles. The highest BCUT2D eigenvalue weighted by Gasteiger charge is 2.51. The lowest BCUT2D eigenvalue weighted by atomic mass is 9.75.